The topological polar surface area (TPSA) is 34.2 Å². The number of hydrogen-bond acceptors (Lipinski definition) is 3. The molecule has 2 rings (SSSR count). The van der Waals surface area contributed by atoms with Crippen LogP contribution >= 0.6 is 15.9 Å². The molecule has 1 heterocycles. The quantitative estimate of drug-likeness (QED) is 0.930. The Labute approximate surface area is 103 Å². The second-order valence-electron chi connectivity index (χ2n) is 3.22. The maximum Gasteiger partial charge on any atom is 0.147 e. The van der Waals surface area contributed by atoms with Crippen molar-refractivity contribution in [1.82, 2.24) is 4.98 Å². The number of aromatic nitrogens is 1. The summed E-state index contributed by atoms with van der Waals surface area (Å²) >= 11 is 3.38. The largest absolute Gasteiger partial charge is 0.456 e. The van der Waals surface area contributed by atoms with Crippen molar-refractivity contribution >= 4 is 21.6 Å². The van der Waals surface area contributed by atoms with Gasteiger partial charge in [0.15, 0.2) is 0 Å². The maximum atomic E-state index is 5.65. The zero-order chi connectivity index (χ0) is 11.4. The van der Waals surface area contributed by atoms with Gasteiger partial charge in [-0.2, -0.15) is 0 Å². The van der Waals surface area contributed by atoms with E-state index in [0.29, 0.717) is 5.75 Å². The number of pyridine rings is 1. The van der Waals surface area contributed by atoms with Crippen molar-refractivity contribution in [3.8, 4) is 11.5 Å². The number of ether oxygens (including phenoxy) is 1. The van der Waals surface area contributed by atoms with Gasteiger partial charge in [0.1, 0.15) is 11.5 Å². The third-order valence-corrected chi connectivity index (χ3v) is 2.58. The normalized spacial score (nSPS) is 9.88. The van der Waals surface area contributed by atoms with Gasteiger partial charge in [-0.3, -0.25) is 4.98 Å². The highest BCUT2D eigenvalue weighted by molar-refractivity contribution is 9.10. The molecule has 4 heteroatoms. The van der Waals surface area contributed by atoms with Crippen LogP contribution in [-0.2, 0) is 0 Å². The lowest BCUT2D eigenvalue weighted by molar-refractivity contribution is 0.480. The van der Waals surface area contributed by atoms with Crippen LogP contribution in [0.25, 0.3) is 0 Å². The predicted octanol–water partition coefficient (Wildman–Crippen LogP) is 3.68. The average molecular weight is 279 g/mol. The molecular weight excluding hydrogens is 268 g/mol. The lowest BCUT2D eigenvalue weighted by atomic mass is 10.3. The summed E-state index contributed by atoms with van der Waals surface area (Å²) in [4.78, 5) is 4.07. The summed E-state index contributed by atoms with van der Waals surface area (Å²) < 4.78 is 6.68. The van der Waals surface area contributed by atoms with E-state index in [1.165, 1.54) is 0 Å². The first kappa shape index (κ1) is 11.0. The molecule has 3 nitrogen and oxygen atoms in total. The number of hydrogen-bond donors (Lipinski definition) is 1. The van der Waals surface area contributed by atoms with E-state index < -0.39 is 0 Å². The summed E-state index contributed by atoms with van der Waals surface area (Å²) in [6.07, 6.45) is 3.43. The number of anilines is 1. The molecule has 0 bridgehead atoms. The fourth-order valence-electron chi connectivity index (χ4n) is 1.25. The second-order valence-corrected chi connectivity index (χ2v) is 4.13. The molecular formula is C12H11BrN2O. The summed E-state index contributed by atoms with van der Waals surface area (Å²) in [5.74, 6) is 1.51. The lowest BCUT2D eigenvalue weighted by Crippen LogP contribution is -1.90. The summed E-state index contributed by atoms with van der Waals surface area (Å²) in [7, 11) is 1.85. The van der Waals surface area contributed by atoms with Crippen molar-refractivity contribution in [2.24, 2.45) is 0 Å². The van der Waals surface area contributed by atoms with Gasteiger partial charge in [0.2, 0.25) is 0 Å². The molecule has 0 fully saturated rings. The molecule has 1 aromatic heterocycles. The Hall–Kier alpha value is -1.55. The number of halogens is 1. The van der Waals surface area contributed by atoms with Gasteiger partial charge in [0, 0.05) is 17.6 Å². The Balaban J connectivity index is 2.16. The average Bonchev–Trinajstić information content (AvgIpc) is 2.32. The highest BCUT2D eigenvalue weighted by atomic mass is 79.9. The first-order chi connectivity index (χ1) is 7.78. The Kier molecular flexibility index (Phi) is 3.41. The van der Waals surface area contributed by atoms with Crippen LogP contribution < -0.4 is 10.1 Å². The van der Waals surface area contributed by atoms with Gasteiger partial charge in [-0.25, -0.2) is 0 Å². The fraction of sp³-hybridized carbons (Fsp3) is 0.0833. The molecule has 0 amide bonds. The molecule has 0 spiro atoms. The summed E-state index contributed by atoms with van der Waals surface area (Å²) in [5.41, 5.74) is 0.926. The van der Waals surface area contributed by atoms with Crippen LogP contribution in [0.3, 0.4) is 0 Å². The van der Waals surface area contributed by atoms with Gasteiger partial charge in [-0.15, -0.1) is 0 Å². The van der Waals surface area contributed by atoms with E-state index in [9.17, 15) is 0 Å². The van der Waals surface area contributed by atoms with E-state index in [0.717, 1.165) is 15.9 Å². The molecule has 2 aromatic rings. The fourth-order valence-corrected chi connectivity index (χ4v) is 1.51. The second kappa shape index (κ2) is 4.99. The molecule has 0 saturated carbocycles. The predicted molar refractivity (Wildman–Crippen MR) is 68.0 cm³/mol. The molecule has 82 valence electrons. The van der Waals surface area contributed by atoms with Crippen LogP contribution in [0, 0.1) is 0 Å². The van der Waals surface area contributed by atoms with Gasteiger partial charge in [0.05, 0.1) is 18.1 Å². The Morgan fingerprint density at radius 2 is 1.88 bits per heavy atom. The van der Waals surface area contributed by atoms with Crippen LogP contribution in [0.4, 0.5) is 5.69 Å². The zero-order valence-corrected chi connectivity index (χ0v) is 10.4. The highest BCUT2D eigenvalue weighted by Crippen LogP contribution is 2.24. The van der Waals surface area contributed by atoms with E-state index in [2.05, 4.69) is 26.2 Å². The molecule has 0 radical (unpaired) electrons. The molecule has 0 aliphatic carbocycles. The molecule has 0 aliphatic heterocycles. The van der Waals surface area contributed by atoms with E-state index in [1.807, 2.05) is 37.4 Å². The SMILES string of the molecule is CNc1cncc(Oc2ccc(Br)cc2)c1. The van der Waals surface area contributed by atoms with Crippen molar-refractivity contribution in [3.05, 3.63) is 47.2 Å². The van der Waals surface area contributed by atoms with E-state index in [1.54, 1.807) is 12.4 Å². The standard InChI is InChI=1S/C12H11BrN2O/c1-14-10-6-12(8-15-7-10)16-11-4-2-9(13)3-5-11/h2-8,14H,1H3. The summed E-state index contributed by atoms with van der Waals surface area (Å²) in [6.45, 7) is 0. The summed E-state index contributed by atoms with van der Waals surface area (Å²) in [6, 6.07) is 9.57. The first-order valence-electron chi connectivity index (χ1n) is 4.84. The van der Waals surface area contributed by atoms with Crippen molar-refractivity contribution in [3.63, 3.8) is 0 Å². The smallest absolute Gasteiger partial charge is 0.147 e. The Morgan fingerprint density at radius 3 is 2.56 bits per heavy atom. The molecule has 0 unspecified atom stereocenters. The van der Waals surface area contributed by atoms with Gasteiger partial charge in [0.25, 0.3) is 0 Å². The first-order valence-corrected chi connectivity index (χ1v) is 5.63. The number of nitrogens with zero attached hydrogens (tertiary/aromatic N) is 1. The van der Waals surface area contributed by atoms with Crippen molar-refractivity contribution < 1.29 is 4.74 Å². The van der Waals surface area contributed by atoms with E-state index in [-0.39, 0.29) is 0 Å². The van der Waals surface area contributed by atoms with Crippen LogP contribution in [0.15, 0.2) is 47.2 Å². The van der Waals surface area contributed by atoms with Crippen LogP contribution in [0.2, 0.25) is 0 Å². The molecule has 1 N–H and O–H groups in total. The van der Waals surface area contributed by atoms with Gasteiger partial charge >= 0.3 is 0 Å². The third kappa shape index (κ3) is 2.73. The highest BCUT2D eigenvalue weighted by Gasteiger charge is 1.98. The molecule has 16 heavy (non-hydrogen) atoms. The minimum Gasteiger partial charge on any atom is -0.456 e. The van der Waals surface area contributed by atoms with Crippen LogP contribution in [0.1, 0.15) is 0 Å². The Bertz CT molecular complexity index is 471. The number of rotatable bonds is 3. The third-order valence-electron chi connectivity index (χ3n) is 2.05. The van der Waals surface area contributed by atoms with Gasteiger partial charge in [-0.1, -0.05) is 15.9 Å². The Morgan fingerprint density at radius 1 is 1.12 bits per heavy atom. The molecule has 0 aliphatic rings. The lowest BCUT2D eigenvalue weighted by Gasteiger charge is -2.06. The molecule has 1 aromatic carbocycles. The summed E-state index contributed by atoms with van der Waals surface area (Å²) in [5, 5.41) is 3.01. The van der Waals surface area contributed by atoms with Gasteiger partial charge < -0.3 is 10.1 Å². The minimum absolute atomic E-state index is 0.717. The van der Waals surface area contributed by atoms with Crippen molar-refractivity contribution in [2.75, 3.05) is 12.4 Å². The molecule has 0 atom stereocenters. The zero-order valence-electron chi connectivity index (χ0n) is 8.77. The van der Waals surface area contributed by atoms with Gasteiger partial charge in [-0.05, 0) is 24.3 Å². The van der Waals surface area contributed by atoms with Crippen molar-refractivity contribution in [1.29, 1.82) is 0 Å². The van der Waals surface area contributed by atoms with Crippen LogP contribution in [-0.4, -0.2) is 12.0 Å². The molecule has 0 saturated heterocycles. The van der Waals surface area contributed by atoms with E-state index in [4.69, 9.17) is 4.74 Å². The number of nitrogens with one attached hydrogen (secondary N) is 1. The van der Waals surface area contributed by atoms with Crippen LogP contribution in [0.5, 0.6) is 11.5 Å². The van der Waals surface area contributed by atoms with Crippen molar-refractivity contribution in [2.45, 2.75) is 0 Å². The maximum absolute atomic E-state index is 5.65. The monoisotopic (exact) mass is 278 g/mol. The number of benzene rings is 1. The van der Waals surface area contributed by atoms with E-state index >= 15 is 0 Å². The minimum atomic E-state index is 0.717.